The van der Waals surface area contributed by atoms with E-state index in [-0.39, 0.29) is 17.7 Å². The Labute approximate surface area is 155 Å². The smallest absolute Gasteiger partial charge is 0.289 e. The van der Waals surface area contributed by atoms with Gasteiger partial charge in [-0.05, 0) is 42.7 Å². The number of carbonyl (C=O) groups is 2. The number of carbonyl (C=O) groups excluding carboxylic acids is 2. The number of hydrogen-bond donors (Lipinski definition) is 0. The summed E-state index contributed by atoms with van der Waals surface area (Å²) in [5, 5.41) is 0. The van der Waals surface area contributed by atoms with Crippen molar-refractivity contribution in [2.24, 2.45) is 5.92 Å². The number of hydrogen-bond acceptors (Lipinski definition) is 3. The SMILES string of the molecule is CN(Cc1ccc(Br)cc1)C(=O)C1CCCN(C(=O)c2ccco2)C1. The summed E-state index contributed by atoms with van der Waals surface area (Å²) in [6.07, 6.45) is 3.13. The Kier molecular flexibility index (Phi) is 5.58. The predicted octanol–water partition coefficient (Wildman–Crippen LogP) is 3.55. The zero-order valence-electron chi connectivity index (χ0n) is 14.2. The number of halogens is 1. The third-order valence-electron chi connectivity index (χ3n) is 4.50. The number of amides is 2. The van der Waals surface area contributed by atoms with Crippen LogP contribution in [-0.2, 0) is 11.3 Å². The molecule has 3 rings (SSSR count). The van der Waals surface area contributed by atoms with Crippen molar-refractivity contribution < 1.29 is 14.0 Å². The Hall–Kier alpha value is -2.08. The third kappa shape index (κ3) is 4.31. The largest absolute Gasteiger partial charge is 0.459 e. The molecule has 25 heavy (non-hydrogen) atoms. The van der Waals surface area contributed by atoms with Gasteiger partial charge in [-0.1, -0.05) is 28.1 Å². The lowest BCUT2D eigenvalue weighted by molar-refractivity contribution is -0.136. The first kappa shape index (κ1) is 17.7. The molecule has 0 aliphatic carbocycles. The minimum atomic E-state index is -0.159. The molecule has 0 spiro atoms. The molecule has 1 aliphatic rings. The Balaban J connectivity index is 1.61. The van der Waals surface area contributed by atoms with Gasteiger partial charge in [0, 0.05) is 31.2 Å². The van der Waals surface area contributed by atoms with Crippen LogP contribution in [0.5, 0.6) is 0 Å². The van der Waals surface area contributed by atoms with Gasteiger partial charge in [0.05, 0.1) is 12.2 Å². The van der Waals surface area contributed by atoms with Crippen LogP contribution in [-0.4, -0.2) is 41.8 Å². The van der Waals surface area contributed by atoms with E-state index in [0.29, 0.717) is 25.4 Å². The Morgan fingerprint density at radius 3 is 2.72 bits per heavy atom. The molecule has 5 nitrogen and oxygen atoms in total. The zero-order valence-corrected chi connectivity index (χ0v) is 15.7. The topological polar surface area (TPSA) is 53.8 Å². The first-order valence-corrected chi connectivity index (χ1v) is 9.16. The summed E-state index contributed by atoms with van der Waals surface area (Å²) in [5.41, 5.74) is 1.08. The monoisotopic (exact) mass is 404 g/mol. The minimum Gasteiger partial charge on any atom is -0.459 e. The van der Waals surface area contributed by atoms with Crippen molar-refractivity contribution in [1.29, 1.82) is 0 Å². The normalized spacial score (nSPS) is 17.4. The number of rotatable bonds is 4. The van der Waals surface area contributed by atoms with Crippen LogP contribution in [0.1, 0.15) is 29.0 Å². The van der Waals surface area contributed by atoms with Crippen LogP contribution in [0.3, 0.4) is 0 Å². The van der Waals surface area contributed by atoms with Crippen molar-refractivity contribution >= 4 is 27.7 Å². The molecule has 0 bridgehead atoms. The van der Waals surface area contributed by atoms with Crippen molar-refractivity contribution in [2.75, 3.05) is 20.1 Å². The van der Waals surface area contributed by atoms with Gasteiger partial charge in [0.1, 0.15) is 0 Å². The molecule has 1 fully saturated rings. The highest BCUT2D eigenvalue weighted by Gasteiger charge is 2.31. The van der Waals surface area contributed by atoms with E-state index >= 15 is 0 Å². The van der Waals surface area contributed by atoms with Gasteiger partial charge in [0.15, 0.2) is 5.76 Å². The van der Waals surface area contributed by atoms with Crippen LogP contribution < -0.4 is 0 Å². The van der Waals surface area contributed by atoms with E-state index in [1.165, 1.54) is 6.26 Å². The summed E-state index contributed by atoms with van der Waals surface area (Å²) >= 11 is 3.41. The van der Waals surface area contributed by atoms with Crippen LogP contribution in [0.25, 0.3) is 0 Å². The summed E-state index contributed by atoms with van der Waals surface area (Å²) in [4.78, 5) is 28.7. The lowest BCUT2D eigenvalue weighted by Crippen LogP contribution is -2.45. The van der Waals surface area contributed by atoms with Gasteiger partial charge in [0.25, 0.3) is 5.91 Å². The first-order chi connectivity index (χ1) is 12.0. The van der Waals surface area contributed by atoms with Gasteiger partial charge in [-0.2, -0.15) is 0 Å². The van der Waals surface area contributed by atoms with Gasteiger partial charge in [0.2, 0.25) is 5.91 Å². The lowest BCUT2D eigenvalue weighted by Gasteiger charge is -2.33. The van der Waals surface area contributed by atoms with Gasteiger partial charge >= 0.3 is 0 Å². The van der Waals surface area contributed by atoms with Crippen molar-refractivity contribution in [2.45, 2.75) is 19.4 Å². The fourth-order valence-corrected chi connectivity index (χ4v) is 3.44. The van der Waals surface area contributed by atoms with Crippen LogP contribution in [0, 0.1) is 5.92 Å². The number of benzene rings is 1. The molecule has 1 unspecified atom stereocenters. The van der Waals surface area contributed by atoms with Gasteiger partial charge in [-0.15, -0.1) is 0 Å². The summed E-state index contributed by atoms with van der Waals surface area (Å²) in [7, 11) is 1.82. The molecule has 1 aliphatic heterocycles. The molecule has 0 N–H and O–H groups in total. The molecule has 1 atom stereocenters. The second-order valence-electron chi connectivity index (χ2n) is 6.39. The van der Waals surface area contributed by atoms with E-state index in [4.69, 9.17) is 4.42 Å². The number of nitrogens with zero attached hydrogens (tertiary/aromatic N) is 2. The van der Waals surface area contributed by atoms with Crippen molar-refractivity contribution in [1.82, 2.24) is 9.80 Å². The molecule has 0 radical (unpaired) electrons. The van der Waals surface area contributed by atoms with E-state index in [2.05, 4.69) is 15.9 Å². The molecule has 2 amide bonds. The summed E-state index contributed by atoms with van der Waals surface area (Å²) < 4.78 is 6.21. The van der Waals surface area contributed by atoms with Crippen molar-refractivity contribution in [3.63, 3.8) is 0 Å². The number of likely N-dealkylation sites (tertiary alicyclic amines) is 1. The highest BCUT2D eigenvalue weighted by atomic mass is 79.9. The fraction of sp³-hybridized carbons (Fsp3) is 0.368. The third-order valence-corrected chi connectivity index (χ3v) is 5.03. The maximum atomic E-state index is 12.8. The maximum Gasteiger partial charge on any atom is 0.289 e. The van der Waals surface area contributed by atoms with Crippen molar-refractivity contribution in [3.8, 4) is 0 Å². The molecular formula is C19H21BrN2O3. The molecule has 1 aromatic heterocycles. The average Bonchev–Trinajstić information content (AvgIpc) is 3.17. The van der Waals surface area contributed by atoms with E-state index < -0.39 is 0 Å². The minimum absolute atomic E-state index is 0.0832. The quantitative estimate of drug-likeness (QED) is 0.782. The molecular weight excluding hydrogens is 384 g/mol. The fourth-order valence-electron chi connectivity index (χ4n) is 3.17. The standard InChI is InChI=1S/C19H21BrN2O3/c1-21(12-14-6-8-16(20)9-7-14)18(23)15-4-2-10-22(13-15)19(24)17-5-3-11-25-17/h3,5-9,11,15H,2,4,10,12-13H2,1H3. The second-order valence-corrected chi connectivity index (χ2v) is 7.30. The maximum absolute atomic E-state index is 12.8. The lowest BCUT2D eigenvalue weighted by atomic mass is 9.96. The number of furan rings is 1. The first-order valence-electron chi connectivity index (χ1n) is 8.37. The predicted molar refractivity (Wildman–Crippen MR) is 98.0 cm³/mol. The Morgan fingerprint density at radius 2 is 2.04 bits per heavy atom. The van der Waals surface area contributed by atoms with E-state index in [1.54, 1.807) is 21.9 Å². The second kappa shape index (κ2) is 7.87. The Morgan fingerprint density at radius 1 is 1.28 bits per heavy atom. The van der Waals surface area contributed by atoms with Gasteiger partial charge < -0.3 is 14.2 Å². The van der Waals surface area contributed by atoms with E-state index in [1.807, 2.05) is 31.3 Å². The summed E-state index contributed by atoms with van der Waals surface area (Å²) in [6.45, 7) is 1.68. The Bertz CT molecular complexity index is 728. The highest BCUT2D eigenvalue weighted by Crippen LogP contribution is 2.21. The van der Waals surface area contributed by atoms with Crippen LogP contribution >= 0.6 is 15.9 Å². The van der Waals surface area contributed by atoms with Gasteiger partial charge in [-0.25, -0.2) is 0 Å². The summed E-state index contributed by atoms with van der Waals surface area (Å²) in [6, 6.07) is 11.3. The van der Waals surface area contributed by atoms with Crippen molar-refractivity contribution in [3.05, 3.63) is 58.5 Å². The molecule has 2 heterocycles. The molecule has 2 aromatic rings. The van der Waals surface area contributed by atoms with Crippen LogP contribution in [0.2, 0.25) is 0 Å². The summed E-state index contributed by atoms with van der Waals surface area (Å²) in [5.74, 6) is 0.113. The number of piperidine rings is 1. The average molecular weight is 405 g/mol. The molecule has 1 aromatic carbocycles. The van der Waals surface area contributed by atoms with Crippen LogP contribution in [0.4, 0.5) is 0 Å². The van der Waals surface area contributed by atoms with E-state index in [9.17, 15) is 9.59 Å². The van der Waals surface area contributed by atoms with E-state index in [0.717, 1.165) is 22.9 Å². The van der Waals surface area contributed by atoms with Crippen LogP contribution in [0.15, 0.2) is 51.6 Å². The molecule has 132 valence electrons. The molecule has 0 saturated carbocycles. The zero-order chi connectivity index (χ0) is 17.8. The highest BCUT2D eigenvalue weighted by molar-refractivity contribution is 9.10. The molecule has 1 saturated heterocycles. The van der Waals surface area contributed by atoms with Gasteiger partial charge in [-0.3, -0.25) is 9.59 Å². The molecule has 6 heteroatoms.